The topological polar surface area (TPSA) is 77.5 Å². The van der Waals surface area contributed by atoms with E-state index in [1.54, 1.807) is 0 Å². The van der Waals surface area contributed by atoms with Gasteiger partial charge in [0, 0.05) is 29.3 Å². The second kappa shape index (κ2) is 12.7. The zero-order valence-electron chi connectivity index (χ0n) is 20.0. The fourth-order valence-electron chi connectivity index (χ4n) is 5.83. The van der Waals surface area contributed by atoms with E-state index in [0.29, 0.717) is 44.1 Å². The van der Waals surface area contributed by atoms with Crippen molar-refractivity contribution in [2.45, 2.75) is 112 Å². The molecule has 6 nitrogen and oxygen atoms in total. The summed E-state index contributed by atoms with van der Waals surface area (Å²) in [4.78, 5) is 17.5. The van der Waals surface area contributed by atoms with E-state index in [9.17, 15) is 18.0 Å². The Kier molecular flexibility index (Phi) is 9.86. The van der Waals surface area contributed by atoms with Crippen molar-refractivity contribution in [2.75, 3.05) is 6.54 Å². The van der Waals surface area contributed by atoms with E-state index in [1.165, 1.54) is 0 Å². The molecule has 8 unspecified atom stereocenters. The number of hydrogen-bond donors (Lipinski definition) is 4. The summed E-state index contributed by atoms with van der Waals surface area (Å²) in [7, 11) is 0. The minimum atomic E-state index is -1.62. The Morgan fingerprint density at radius 3 is 2.37 bits per heavy atom. The highest BCUT2D eigenvalue weighted by atomic mass is 35.5. The number of carbonyl (C=O) groups excluding carboxylic acids is 1. The molecule has 1 amide bonds. The lowest BCUT2D eigenvalue weighted by molar-refractivity contribution is -0.125. The van der Waals surface area contributed by atoms with E-state index in [0.717, 1.165) is 32.1 Å². The molecule has 0 aromatic carbocycles. The zero-order chi connectivity index (χ0) is 24.9. The summed E-state index contributed by atoms with van der Waals surface area (Å²) in [6.45, 7) is 0.357. The average Bonchev–Trinajstić information content (AvgIpc) is 3.29. The van der Waals surface area contributed by atoms with Gasteiger partial charge in [-0.3, -0.25) is 20.5 Å². The molecule has 1 heterocycles. The van der Waals surface area contributed by atoms with Gasteiger partial charge >= 0.3 is 0 Å². The van der Waals surface area contributed by atoms with Gasteiger partial charge in [0.15, 0.2) is 5.96 Å². The van der Waals surface area contributed by atoms with Gasteiger partial charge < -0.3 is 5.32 Å². The fraction of sp³-hybridized carbons (Fsp3) is 0.917. The highest BCUT2D eigenvalue weighted by Crippen LogP contribution is 2.33. The van der Waals surface area contributed by atoms with Gasteiger partial charge in [-0.05, 0) is 82.5 Å². The van der Waals surface area contributed by atoms with Crippen LogP contribution in [0.15, 0.2) is 4.99 Å². The molecule has 0 aromatic heterocycles. The minimum absolute atomic E-state index is 0.0164. The van der Waals surface area contributed by atoms with Crippen LogP contribution < -0.4 is 21.5 Å². The zero-order valence-corrected chi connectivity index (χ0v) is 21.5. The van der Waals surface area contributed by atoms with Gasteiger partial charge in [-0.15, -0.1) is 23.2 Å². The maximum absolute atomic E-state index is 13.9. The Hall–Kier alpha value is -0.770. The number of nitrogens with one attached hydrogen (secondary N) is 4. The molecule has 0 bridgehead atoms. The van der Waals surface area contributed by atoms with Crippen molar-refractivity contribution in [2.24, 2.45) is 22.7 Å². The number of hydrogen-bond acceptors (Lipinski definition) is 4. The third kappa shape index (κ3) is 7.62. The number of halogens is 5. The first kappa shape index (κ1) is 27.3. The molecule has 0 spiro atoms. The molecule has 8 atom stereocenters. The molecular formula is C24H38Cl2F3N5O. The Balaban J connectivity index is 1.36. The van der Waals surface area contributed by atoms with Crippen LogP contribution in [0.2, 0.25) is 0 Å². The molecule has 1 aliphatic heterocycles. The highest BCUT2D eigenvalue weighted by molar-refractivity contribution is 6.21. The number of aliphatic imine (C=N–C) groups is 1. The van der Waals surface area contributed by atoms with E-state index < -0.39 is 24.4 Å². The van der Waals surface area contributed by atoms with Crippen LogP contribution in [0.25, 0.3) is 0 Å². The summed E-state index contributed by atoms with van der Waals surface area (Å²) < 4.78 is 41.1. The molecule has 1 saturated heterocycles. The summed E-state index contributed by atoms with van der Waals surface area (Å²) in [6.07, 6.45) is 2.46. The van der Waals surface area contributed by atoms with Gasteiger partial charge in [0.2, 0.25) is 5.91 Å². The number of alkyl halides is 5. The maximum Gasteiger partial charge on any atom is 0.229 e. The van der Waals surface area contributed by atoms with Crippen LogP contribution in [0, 0.1) is 17.8 Å². The summed E-state index contributed by atoms with van der Waals surface area (Å²) in [5.41, 5.74) is 6.62. The van der Waals surface area contributed by atoms with Crippen LogP contribution in [-0.4, -0.2) is 59.9 Å². The van der Waals surface area contributed by atoms with Crippen molar-refractivity contribution >= 4 is 35.1 Å². The van der Waals surface area contributed by atoms with E-state index in [-0.39, 0.29) is 47.6 Å². The smallest absolute Gasteiger partial charge is 0.229 e. The van der Waals surface area contributed by atoms with E-state index in [2.05, 4.69) is 26.5 Å². The predicted octanol–water partition coefficient (Wildman–Crippen LogP) is 4.26. The first-order valence-corrected chi connectivity index (χ1v) is 14.0. The van der Waals surface area contributed by atoms with Gasteiger partial charge in [0.25, 0.3) is 0 Å². The molecule has 0 aromatic rings. The monoisotopic (exact) mass is 539 g/mol. The van der Waals surface area contributed by atoms with Crippen molar-refractivity contribution < 1.29 is 18.0 Å². The largest absolute Gasteiger partial charge is 0.339 e. The van der Waals surface area contributed by atoms with Crippen molar-refractivity contribution in [1.82, 2.24) is 21.5 Å². The summed E-state index contributed by atoms with van der Waals surface area (Å²) in [6, 6.07) is 0.285. The second-order valence-electron chi connectivity index (χ2n) is 10.7. The van der Waals surface area contributed by atoms with Crippen molar-refractivity contribution in [3.8, 4) is 0 Å². The molecule has 4 fully saturated rings. The van der Waals surface area contributed by atoms with Gasteiger partial charge in [-0.1, -0.05) is 0 Å². The number of guanidine groups is 1. The molecule has 0 radical (unpaired) electrons. The number of rotatable bonds is 5. The summed E-state index contributed by atoms with van der Waals surface area (Å²) in [5.74, 6) is -0.112. The van der Waals surface area contributed by atoms with E-state index in [4.69, 9.17) is 23.2 Å². The predicted molar refractivity (Wildman–Crippen MR) is 133 cm³/mol. The van der Waals surface area contributed by atoms with Crippen molar-refractivity contribution in [1.29, 1.82) is 0 Å². The molecule has 35 heavy (non-hydrogen) atoms. The van der Waals surface area contributed by atoms with Crippen LogP contribution in [-0.2, 0) is 4.79 Å². The molecule has 3 saturated carbocycles. The summed E-state index contributed by atoms with van der Waals surface area (Å²) >= 11 is 12.6. The lowest BCUT2D eigenvalue weighted by atomic mass is 9.83. The molecule has 4 N–H and O–H groups in total. The quantitative estimate of drug-likeness (QED) is 0.239. The Morgan fingerprint density at radius 1 is 0.886 bits per heavy atom. The lowest BCUT2D eigenvalue weighted by Gasteiger charge is -2.29. The highest BCUT2D eigenvalue weighted by Gasteiger charge is 2.36. The average molecular weight is 541 g/mol. The van der Waals surface area contributed by atoms with Crippen LogP contribution in [0.4, 0.5) is 13.2 Å². The van der Waals surface area contributed by atoms with Gasteiger partial charge in [-0.25, -0.2) is 18.6 Å². The molecule has 4 rings (SSSR count). The normalized spacial score (nSPS) is 43.1. The van der Waals surface area contributed by atoms with Crippen molar-refractivity contribution in [3.63, 3.8) is 0 Å². The van der Waals surface area contributed by atoms with E-state index >= 15 is 0 Å². The third-order valence-electron chi connectivity index (χ3n) is 8.15. The number of amides is 1. The van der Waals surface area contributed by atoms with Crippen LogP contribution in [0.3, 0.4) is 0 Å². The SMILES string of the molecule is O=C(NC(=NCC1CCC(F)CC1Cl)NC1CC(C2CCC(Cl)CC2)NN1)C1CCC(F)C(F)C1. The van der Waals surface area contributed by atoms with Gasteiger partial charge in [-0.2, -0.15) is 0 Å². The molecule has 4 aliphatic rings. The van der Waals surface area contributed by atoms with Crippen LogP contribution in [0.5, 0.6) is 0 Å². The lowest BCUT2D eigenvalue weighted by Crippen LogP contribution is -2.52. The number of carbonyl (C=O) groups is 1. The molecule has 11 heteroatoms. The second-order valence-corrected chi connectivity index (χ2v) is 11.9. The van der Waals surface area contributed by atoms with Crippen molar-refractivity contribution in [3.05, 3.63) is 0 Å². The first-order chi connectivity index (χ1) is 16.8. The standard InChI is InChI=1S/C24H38Cl2F3N5O/c25-16-5-1-13(2-6-16)21-11-22(34-33-21)31-24(30-12-15-3-7-17(27)10-18(15)26)32-23(35)14-4-8-19(28)20(29)9-14/h13-22,33-34H,1-12H2,(H2,30,31,32,35). The number of nitrogens with zero attached hydrogens (tertiary/aromatic N) is 1. The number of hydrazine groups is 1. The maximum atomic E-state index is 13.9. The fourth-order valence-corrected chi connectivity index (χ4v) is 6.48. The molecule has 200 valence electrons. The molecular weight excluding hydrogens is 502 g/mol. The van der Waals surface area contributed by atoms with E-state index in [1.807, 2.05) is 0 Å². The Morgan fingerprint density at radius 2 is 1.66 bits per heavy atom. The molecule has 3 aliphatic carbocycles. The minimum Gasteiger partial charge on any atom is -0.339 e. The first-order valence-electron chi connectivity index (χ1n) is 13.1. The Bertz CT molecular complexity index is 742. The summed E-state index contributed by atoms with van der Waals surface area (Å²) in [5, 5.41) is 6.06. The van der Waals surface area contributed by atoms with Crippen LogP contribution in [0.1, 0.15) is 70.6 Å². The van der Waals surface area contributed by atoms with Crippen LogP contribution >= 0.6 is 23.2 Å². The van der Waals surface area contributed by atoms with Gasteiger partial charge in [0.05, 0.1) is 6.17 Å². The Labute approximate surface area is 215 Å². The van der Waals surface area contributed by atoms with Gasteiger partial charge in [0.1, 0.15) is 18.5 Å². The third-order valence-corrected chi connectivity index (χ3v) is 9.12.